The molecular weight excluding hydrogens is 837 g/mol. The molecule has 0 spiro atoms. The Morgan fingerprint density at radius 2 is 0.582 bits per heavy atom. The van der Waals surface area contributed by atoms with Gasteiger partial charge in [-0.05, 0) is 92.5 Å². The standard InChI is InChI=1S/C61H38F4N2/c62-53-24-14-13-23-48(53)47-37-58(66-54-33-43(39-15-5-1-6-16-39)25-29-49(54)50-30-26-44(34-55(50)66)40-17-7-2-8-18-40)60(61(63,64)65)59(38-47)67-56-35-45(41-19-9-3-10-20-41)27-31-51(56)52-32-28-46(36-57(52)67)42-21-11-4-12-22-42/h1-38H. The zero-order valence-electron chi connectivity index (χ0n) is 35.8. The lowest BCUT2D eigenvalue weighted by molar-refractivity contribution is -0.137. The molecule has 2 aromatic heterocycles. The molecule has 0 radical (unpaired) electrons. The van der Waals surface area contributed by atoms with Gasteiger partial charge < -0.3 is 9.13 Å². The summed E-state index contributed by atoms with van der Waals surface area (Å²) in [4.78, 5) is 0. The van der Waals surface area contributed by atoms with Gasteiger partial charge in [0.15, 0.2) is 0 Å². The normalized spacial score (nSPS) is 11.9. The monoisotopic (exact) mass is 874 g/mol. The van der Waals surface area contributed by atoms with Crippen LogP contribution in [-0.4, -0.2) is 9.13 Å². The van der Waals surface area contributed by atoms with Crippen LogP contribution in [0.25, 0.3) is 111 Å². The third-order valence-electron chi connectivity index (χ3n) is 13.0. The Balaban J connectivity index is 1.26. The minimum absolute atomic E-state index is 0.118. The van der Waals surface area contributed by atoms with Gasteiger partial charge in [0.25, 0.3) is 0 Å². The second-order valence-corrected chi connectivity index (χ2v) is 16.9. The summed E-state index contributed by atoms with van der Waals surface area (Å²) < 4.78 is 70.7. The van der Waals surface area contributed by atoms with Crippen LogP contribution in [0.1, 0.15) is 5.56 Å². The van der Waals surface area contributed by atoms with Crippen LogP contribution in [0.5, 0.6) is 0 Å². The van der Waals surface area contributed by atoms with Gasteiger partial charge in [0.1, 0.15) is 11.4 Å². The Labute approximate surface area is 383 Å². The van der Waals surface area contributed by atoms with E-state index in [1.807, 2.05) is 194 Å². The van der Waals surface area contributed by atoms with Crippen molar-refractivity contribution < 1.29 is 17.6 Å². The first-order valence-corrected chi connectivity index (χ1v) is 22.2. The molecule has 67 heavy (non-hydrogen) atoms. The number of rotatable bonds is 7. The molecule has 0 fully saturated rings. The highest BCUT2D eigenvalue weighted by atomic mass is 19.4. The third kappa shape index (κ3) is 6.88. The molecule has 0 N–H and O–H groups in total. The number of fused-ring (bicyclic) bond motifs is 6. The van der Waals surface area contributed by atoms with Gasteiger partial charge in [-0.15, -0.1) is 0 Å². The fourth-order valence-corrected chi connectivity index (χ4v) is 9.90. The quantitative estimate of drug-likeness (QED) is 0.141. The van der Waals surface area contributed by atoms with Gasteiger partial charge in [0.2, 0.25) is 0 Å². The predicted molar refractivity (Wildman–Crippen MR) is 267 cm³/mol. The van der Waals surface area contributed by atoms with Crippen LogP contribution in [0, 0.1) is 5.82 Å². The zero-order valence-corrected chi connectivity index (χ0v) is 35.8. The predicted octanol–water partition coefficient (Wildman–Crippen LogP) is 17.4. The number of nitrogens with zero attached hydrogens (tertiary/aromatic N) is 2. The molecule has 0 unspecified atom stereocenters. The minimum atomic E-state index is -4.91. The SMILES string of the molecule is Fc1ccccc1-c1cc(-n2c3cc(-c4ccccc4)ccc3c3ccc(-c4ccccc4)cc32)c(C(F)(F)F)c(-n2c3cc(-c4ccccc4)ccc3c3ccc(-c4ccccc4)cc32)c1. The van der Waals surface area contributed by atoms with Gasteiger partial charge in [-0.25, -0.2) is 4.39 Å². The second-order valence-electron chi connectivity index (χ2n) is 16.9. The summed E-state index contributed by atoms with van der Waals surface area (Å²) in [7, 11) is 0. The first kappa shape index (κ1) is 40.1. The first-order chi connectivity index (χ1) is 32.8. The lowest BCUT2D eigenvalue weighted by Gasteiger charge is -2.23. The maximum absolute atomic E-state index is 17.0. The van der Waals surface area contributed by atoms with Gasteiger partial charge in [-0.1, -0.05) is 188 Å². The molecule has 0 saturated heterocycles. The molecular formula is C61H38F4N2. The fourth-order valence-electron chi connectivity index (χ4n) is 9.90. The number of halogens is 4. The van der Waals surface area contributed by atoms with Crippen molar-refractivity contribution in [2.75, 3.05) is 0 Å². The largest absolute Gasteiger partial charge is 0.420 e. The van der Waals surface area contributed by atoms with Crippen LogP contribution in [0.4, 0.5) is 17.6 Å². The maximum atomic E-state index is 17.0. The van der Waals surface area contributed by atoms with Crippen molar-refractivity contribution in [2.45, 2.75) is 6.18 Å². The summed E-state index contributed by atoms with van der Waals surface area (Å²) in [5.41, 5.74) is 8.86. The molecule has 0 saturated carbocycles. The van der Waals surface area contributed by atoms with E-state index in [4.69, 9.17) is 0 Å². The minimum Gasteiger partial charge on any atom is -0.308 e. The number of benzene rings is 10. The average Bonchev–Trinajstić information content (AvgIpc) is 3.88. The van der Waals surface area contributed by atoms with Crippen molar-refractivity contribution in [2.24, 2.45) is 0 Å². The number of alkyl halides is 3. The van der Waals surface area contributed by atoms with Gasteiger partial charge >= 0.3 is 6.18 Å². The van der Waals surface area contributed by atoms with Crippen LogP contribution in [0.3, 0.4) is 0 Å². The Hall–Kier alpha value is -8.48. The molecule has 12 aromatic rings. The van der Waals surface area contributed by atoms with Crippen LogP contribution in [-0.2, 0) is 6.18 Å². The van der Waals surface area contributed by atoms with E-state index in [1.54, 1.807) is 27.3 Å². The zero-order chi connectivity index (χ0) is 45.2. The highest BCUT2D eigenvalue weighted by Gasteiger charge is 2.40. The molecule has 320 valence electrons. The van der Waals surface area contributed by atoms with E-state index in [0.29, 0.717) is 27.6 Å². The van der Waals surface area contributed by atoms with Crippen LogP contribution in [0.15, 0.2) is 231 Å². The molecule has 2 heterocycles. The van der Waals surface area contributed by atoms with E-state index in [2.05, 4.69) is 0 Å². The summed E-state index contributed by atoms with van der Waals surface area (Å²) in [6.07, 6.45) is -4.91. The van der Waals surface area contributed by atoms with E-state index in [0.717, 1.165) is 66.1 Å². The van der Waals surface area contributed by atoms with Crippen LogP contribution >= 0.6 is 0 Å². The summed E-state index contributed by atoms with van der Waals surface area (Å²) >= 11 is 0. The topological polar surface area (TPSA) is 9.86 Å². The fraction of sp³-hybridized carbons (Fsp3) is 0.0164. The molecule has 0 amide bonds. The lowest BCUT2D eigenvalue weighted by Crippen LogP contribution is -2.16. The van der Waals surface area contributed by atoms with Gasteiger partial charge in [0.05, 0.1) is 33.4 Å². The third-order valence-corrected chi connectivity index (χ3v) is 13.0. The first-order valence-electron chi connectivity index (χ1n) is 22.2. The smallest absolute Gasteiger partial charge is 0.308 e. The van der Waals surface area contributed by atoms with E-state index in [-0.39, 0.29) is 16.9 Å². The molecule has 2 nitrogen and oxygen atoms in total. The van der Waals surface area contributed by atoms with Crippen molar-refractivity contribution in [3.8, 4) is 67.0 Å². The Kier molecular flexibility index (Phi) is 9.50. The Morgan fingerprint density at radius 1 is 0.284 bits per heavy atom. The molecule has 0 aliphatic heterocycles. The molecule has 0 atom stereocenters. The van der Waals surface area contributed by atoms with Crippen molar-refractivity contribution in [1.29, 1.82) is 0 Å². The average molecular weight is 875 g/mol. The molecule has 0 aliphatic rings. The maximum Gasteiger partial charge on any atom is 0.420 e. The Bertz CT molecular complexity index is 3420. The van der Waals surface area contributed by atoms with Crippen molar-refractivity contribution in [1.82, 2.24) is 9.13 Å². The highest BCUT2D eigenvalue weighted by Crippen LogP contribution is 2.48. The van der Waals surface area contributed by atoms with Crippen LogP contribution < -0.4 is 0 Å². The number of hydrogen-bond acceptors (Lipinski definition) is 0. The molecule has 0 aliphatic carbocycles. The van der Waals surface area contributed by atoms with E-state index >= 15 is 17.6 Å². The second kappa shape index (κ2) is 15.9. The van der Waals surface area contributed by atoms with Gasteiger partial charge in [-0.2, -0.15) is 13.2 Å². The van der Waals surface area contributed by atoms with E-state index in [9.17, 15) is 0 Å². The lowest BCUT2D eigenvalue weighted by atomic mass is 9.98. The van der Waals surface area contributed by atoms with Crippen molar-refractivity contribution in [3.05, 3.63) is 242 Å². The summed E-state index contributed by atoms with van der Waals surface area (Å²) in [5, 5.41) is 3.16. The van der Waals surface area contributed by atoms with Crippen LogP contribution in [0.2, 0.25) is 0 Å². The van der Waals surface area contributed by atoms with E-state index < -0.39 is 17.6 Å². The number of aromatic nitrogens is 2. The van der Waals surface area contributed by atoms with Gasteiger partial charge in [-0.3, -0.25) is 0 Å². The number of hydrogen-bond donors (Lipinski definition) is 0. The molecule has 10 aromatic carbocycles. The summed E-state index contributed by atoms with van der Waals surface area (Å²) in [5.74, 6) is -0.543. The summed E-state index contributed by atoms with van der Waals surface area (Å²) in [6.45, 7) is 0. The van der Waals surface area contributed by atoms with E-state index in [1.165, 1.54) is 18.2 Å². The van der Waals surface area contributed by atoms with Crippen molar-refractivity contribution >= 4 is 43.6 Å². The molecule has 0 bridgehead atoms. The molecule has 6 heteroatoms. The van der Waals surface area contributed by atoms with Crippen molar-refractivity contribution in [3.63, 3.8) is 0 Å². The summed E-state index contributed by atoms with van der Waals surface area (Å²) in [6, 6.07) is 72.6. The highest BCUT2D eigenvalue weighted by molar-refractivity contribution is 6.13. The van der Waals surface area contributed by atoms with Gasteiger partial charge in [0, 0.05) is 27.1 Å². The molecule has 12 rings (SSSR count). The Morgan fingerprint density at radius 3 is 0.881 bits per heavy atom.